The minimum Gasteiger partial charge on any atom is -0.394 e. The van der Waals surface area contributed by atoms with Crippen LogP contribution in [-0.4, -0.2) is 48.5 Å². The highest BCUT2D eigenvalue weighted by Crippen LogP contribution is 2.09. The first-order chi connectivity index (χ1) is 5.76. The van der Waals surface area contributed by atoms with Crippen LogP contribution in [-0.2, 0) is 4.74 Å². The molecule has 0 aromatic heterocycles. The Balaban J connectivity index is 2.40. The summed E-state index contributed by atoms with van der Waals surface area (Å²) in [5, 5.41) is 8.89. The molecule has 2 unspecified atom stereocenters. The standard InChI is InChI=1S/C9H15NO2/c1-3-4-10-5-8(2)12-9(6-10)7-11/h1,8-9,11H,4-7H2,2H3. The predicted molar refractivity (Wildman–Crippen MR) is 46.7 cm³/mol. The molecule has 0 spiro atoms. The molecule has 12 heavy (non-hydrogen) atoms. The fraction of sp³-hybridized carbons (Fsp3) is 0.778. The van der Waals surface area contributed by atoms with Crippen LogP contribution in [0.3, 0.4) is 0 Å². The first-order valence-corrected chi connectivity index (χ1v) is 4.18. The zero-order valence-electron chi connectivity index (χ0n) is 7.36. The molecule has 1 rings (SSSR count). The van der Waals surface area contributed by atoms with Gasteiger partial charge >= 0.3 is 0 Å². The van der Waals surface area contributed by atoms with Gasteiger partial charge in [-0.1, -0.05) is 5.92 Å². The van der Waals surface area contributed by atoms with Gasteiger partial charge in [-0.2, -0.15) is 0 Å². The fourth-order valence-electron chi connectivity index (χ4n) is 1.50. The van der Waals surface area contributed by atoms with Crippen molar-refractivity contribution in [2.24, 2.45) is 0 Å². The molecule has 2 atom stereocenters. The molecule has 1 fully saturated rings. The number of terminal acetylenes is 1. The maximum atomic E-state index is 8.89. The summed E-state index contributed by atoms with van der Waals surface area (Å²) in [4.78, 5) is 2.12. The maximum absolute atomic E-state index is 8.89. The second kappa shape index (κ2) is 4.46. The van der Waals surface area contributed by atoms with Gasteiger partial charge in [-0.3, -0.25) is 4.90 Å². The summed E-state index contributed by atoms with van der Waals surface area (Å²) in [6.45, 7) is 4.31. The summed E-state index contributed by atoms with van der Waals surface area (Å²) >= 11 is 0. The largest absolute Gasteiger partial charge is 0.394 e. The van der Waals surface area contributed by atoms with Crippen molar-refractivity contribution >= 4 is 0 Å². The van der Waals surface area contributed by atoms with Crippen LogP contribution < -0.4 is 0 Å². The SMILES string of the molecule is C#CCN1CC(C)OC(CO)C1. The minimum absolute atomic E-state index is 0.0675. The normalized spacial score (nSPS) is 31.4. The van der Waals surface area contributed by atoms with E-state index in [4.69, 9.17) is 16.3 Å². The van der Waals surface area contributed by atoms with Gasteiger partial charge in [0.05, 0.1) is 25.4 Å². The van der Waals surface area contributed by atoms with Crippen LogP contribution in [0.4, 0.5) is 0 Å². The molecule has 0 radical (unpaired) electrons. The Kier molecular flexibility index (Phi) is 3.54. The van der Waals surface area contributed by atoms with Crippen LogP contribution in [0.25, 0.3) is 0 Å². The van der Waals surface area contributed by atoms with E-state index in [-0.39, 0.29) is 18.8 Å². The van der Waals surface area contributed by atoms with Gasteiger partial charge in [-0.25, -0.2) is 0 Å². The third kappa shape index (κ3) is 2.49. The van der Waals surface area contributed by atoms with E-state index in [1.165, 1.54) is 0 Å². The third-order valence-corrected chi connectivity index (χ3v) is 1.92. The molecule has 0 bridgehead atoms. The molecule has 1 aliphatic rings. The maximum Gasteiger partial charge on any atom is 0.0936 e. The zero-order chi connectivity index (χ0) is 8.97. The summed E-state index contributed by atoms with van der Waals surface area (Å²) in [6, 6.07) is 0. The second-order valence-electron chi connectivity index (χ2n) is 3.15. The van der Waals surface area contributed by atoms with E-state index in [0.29, 0.717) is 6.54 Å². The molecule has 0 aliphatic carbocycles. The average Bonchev–Trinajstić information content (AvgIpc) is 2.04. The summed E-state index contributed by atoms with van der Waals surface area (Å²) in [6.07, 6.45) is 5.30. The highest BCUT2D eigenvalue weighted by Gasteiger charge is 2.23. The number of hydrogen-bond acceptors (Lipinski definition) is 3. The van der Waals surface area contributed by atoms with Gasteiger partial charge in [0, 0.05) is 13.1 Å². The number of nitrogens with zero attached hydrogens (tertiary/aromatic N) is 1. The second-order valence-corrected chi connectivity index (χ2v) is 3.15. The molecule has 1 saturated heterocycles. The third-order valence-electron chi connectivity index (χ3n) is 1.92. The van der Waals surface area contributed by atoms with Crippen LogP contribution in [0, 0.1) is 12.3 Å². The topological polar surface area (TPSA) is 32.7 Å². The Morgan fingerprint density at radius 1 is 1.67 bits per heavy atom. The Morgan fingerprint density at radius 2 is 2.42 bits per heavy atom. The number of ether oxygens (including phenoxy) is 1. The number of rotatable bonds is 2. The van der Waals surface area contributed by atoms with Crippen LogP contribution in [0.1, 0.15) is 6.92 Å². The average molecular weight is 169 g/mol. The summed E-state index contributed by atoms with van der Waals surface area (Å²) in [5.74, 6) is 2.59. The van der Waals surface area contributed by atoms with Crippen molar-refractivity contribution in [3.05, 3.63) is 0 Å². The van der Waals surface area contributed by atoms with Crippen LogP contribution >= 0.6 is 0 Å². The lowest BCUT2D eigenvalue weighted by Crippen LogP contribution is -2.47. The van der Waals surface area contributed by atoms with E-state index in [1.54, 1.807) is 0 Å². The van der Waals surface area contributed by atoms with Crippen molar-refractivity contribution in [1.29, 1.82) is 0 Å². The Labute approximate surface area is 73.3 Å². The molecule has 1 N–H and O–H groups in total. The molecule has 0 saturated carbocycles. The van der Waals surface area contributed by atoms with Crippen molar-refractivity contribution in [3.63, 3.8) is 0 Å². The lowest BCUT2D eigenvalue weighted by atomic mass is 10.2. The first kappa shape index (κ1) is 9.53. The van der Waals surface area contributed by atoms with Crippen LogP contribution in [0.5, 0.6) is 0 Å². The number of aliphatic hydroxyl groups excluding tert-OH is 1. The van der Waals surface area contributed by atoms with Crippen molar-refractivity contribution < 1.29 is 9.84 Å². The van der Waals surface area contributed by atoms with Crippen LogP contribution in [0.15, 0.2) is 0 Å². The van der Waals surface area contributed by atoms with Crippen molar-refractivity contribution in [3.8, 4) is 12.3 Å². The monoisotopic (exact) mass is 169 g/mol. The molecule has 1 heterocycles. The van der Waals surface area contributed by atoms with Crippen molar-refractivity contribution in [2.75, 3.05) is 26.2 Å². The summed E-state index contributed by atoms with van der Waals surface area (Å²) in [7, 11) is 0. The number of hydrogen-bond donors (Lipinski definition) is 1. The van der Waals surface area contributed by atoms with Gasteiger partial charge in [0.15, 0.2) is 0 Å². The fourth-order valence-corrected chi connectivity index (χ4v) is 1.50. The predicted octanol–water partition coefficient (Wildman–Crippen LogP) is -0.299. The molecular weight excluding hydrogens is 154 g/mol. The summed E-state index contributed by atoms with van der Waals surface area (Å²) < 4.78 is 5.45. The van der Waals surface area contributed by atoms with E-state index in [2.05, 4.69) is 10.8 Å². The quantitative estimate of drug-likeness (QED) is 0.576. The first-order valence-electron chi connectivity index (χ1n) is 4.18. The lowest BCUT2D eigenvalue weighted by Gasteiger charge is -2.34. The van der Waals surface area contributed by atoms with E-state index in [0.717, 1.165) is 13.1 Å². The van der Waals surface area contributed by atoms with Gasteiger partial charge < -0.3 is 9.84 Å². The molecule has 3 nitrogen and oxygen atoms in total. The Hall–Kier alpha value is -0.560. The number of morpholine rings is 1. The van der Waals surface area contributed by atoms with E-state index in [9.17, 15) is 0 Å². The molecule has 1 aliphatic heterocycles. The van der Waals surface area contributed by atoms with Gasteiger partial charge in [-0.15, -0.1) is 6.42 Å². The van der Waals surface area contributed by atoms with E-state index < -0.39 is 0 Å². The van der Waals surface area contributed by atoms with Crippen LogP contribution in [0.2, 0.25) is 0 Å². The van der Waals surface area contributed by atoms with E-state index in [1.807, 2.05) is 6.92 Å². The molecule has 0 aromatic carbocycles. The Bertz CT molecular complexity index is 176. The molecule has 0 aromatic rings. The minimum atomic E-state index is -0.0675. The smallest absolute Gasteiger partial charge is 0.0936 e. The molecule has 0 amide bonds. The molecule has 3 heteroatoms. The molecule has 68 valence electrons. The molecular formula is C9H15NO2. The van der Waals surface area contributed by atoms with Gasteiger partial charge in [-0.05, 0) is 6.92 Å². The Morgan fingerprint density at radius 3 is 3.00 bits per heavy atom. The van der Waals surface area contributed by atoms with Gasteiger partial charge in [0.1, 0.15) is 0 Å². The van der Waals surface area contributed by atoms with Gasteiger partial charge in [0.25, 0.3) is 0 Å². The van der Waals surface area contributed by atoms with Gasteiger partial charge in [0.2, 0.25) is 0 Å². The summed E-state index contributed by atoms with van der Waals surface area (Å²) in [5.41, 5.74) is 0. The highest BCUT2D eigenvalue weighted by molar-refractivity contribution is 4.90. The zero-order valence-corrected chi connectivity index (χ0v) is 7.36. The van der Waals surface area contributed by atoms with Crippen molar-refractivity contribution in [2.45, 2.75) is 19.1 Å². The van der Waals surface area contributed by atoms with E-state index >= 15 is 0 Å². The lowest BCUT2D eigenvalue weighted by molar-refractivity contribution is -0.0919. The highest BCUT2D eigenvalue weighted by atomic mass is 16.5. The van der Waals surface area contributed by atoms with Crippen molar-refractivity contribution in [1.82, 2.24) is 4.90 Å². The number of aliphatic hydroxyl groups is 1.